The van der Waals surface area contributed by atoms with Crippen LogP contribution in [0.1, 0.15) is 42.1 Å². The molecule has 3 N–H and O–H groups in total. The Bertz CT molecular complexity index is 694. The molecule has 0 unspecified atom stereocenters. The minimum absolute atomic E-state index is 0.170. The van der Waals surface area contributed by atoms with E-state index in [0.717, 1.165) is 24.0 Å². The standard InChI is InChI=1S/C20H24N2O3/c1-2-4-15-6-8-16(9-7-15)17-10-12-18(13-11-17)20(24)21-14-3-5-19(23)22-25/h6-13,25H,2-5,14H2,1H3,(H,21,24)(H,22,23). The van der Waals surface area contributed by atoms with Crippen LogP contribution in [0.15, 0.2) is 48.5 Å². The largest absolute Gasteiger partial charge is 0.352 e. The molecule has 5 nitrogen and oxygen atoms in total. The van der Waals surface area contributed by atoms with Gasteiger partial charge in [0, 0.05) is 18.5 Å². The number of hydrogen-bond donors (Lipinski definition) is 3. The molecule has 0 heterocycles. The first kappa shape index (κ1) is 18.7. The van der Waals surface area contributed by atoms with Crippen LogP contribution in [0, 0.1) is 0 Å². The van der Waals surface area contributed by atoms with Gasteiger partial charge in [0.05, 0.1) is 0 Å². The summed E-state index contributed by atoms with van der Waals surface area (Å²) < 4.78 is 0. The van der Waals surface area contributed by atoms with Gasteiger partial charge in [0.25, 0.3) is 5.91 Å². The van der Waals surface area contributed by atoms with Crippen LogP contribution >= 0.6 is 0 Å². The maximum absolute atomic E-state index is 12.1. The Labute approximate surface area is 148 Å². The summed E-state index contributed by atoms with van der Waals surface area (Å²) in [5.41, 5.74) is 5.67. The number of hydrogen-bond acceptors (Lipinski definition) is 3. The number of carbonyl (C=O) groups excluding carboxylic acids is 2. The van der Waals surface area contributed by atoms with E-state index in [9.17, 15) is 9.59 Å². The predicted octanol–water partition coefficient (Wildman–Crippen LogP) is 3.32. The van der Waals surface area contributed by atoms with E-state index in [2.05, 4.69) is 36.5 Å². The number of amides is 2. The van der Waals surface area contributed by atoms with Crippen molar-refractivity contribution in [2.24, 2.45) is 0 Å². The first-order valence-electron chi connectivity index (χ1n) is 8.54. The van der Waals surface area contributed by atoms with E-state index in [0.29, 0.717) is 18.5 Å². The lowest BCUT2D eigenvalue weighted by atomic mass is 10.0. The molecule has 0 fully saturated rings. The highest BCUT2D eigenvalue weighted by Crippen LogP contribution is 2.21. The first-order valence-corrected chi connectivity index (χ1v) is 8.54. The molecule has 2 aromatic carbocycles. The Morgan fingerprint density at radius 1 is 0.960 bits per heavy atom. The van der Waals surface area contributed by atoms with Crippen molar-refractivity contribution in [1.82, 2.24) is 10.8 Å². The fourth-order valence-electron chi connectivity index (χ4n) is 2.58. The van der Waals surface area contributed by atoms with E-state index >= 15 is 0 Å². The fourth-order valence-corrected chi connectivity index (χ4v) is 2.58. The van der Waals surface area contributed by atoms with Crippen LogP contribution in [0.2, 0.25) is 0 Å². The van der Waals surface area contributed by atoms with Crippen molar-refractivity contribution < 1.29 is 14.8 Å². The third-order valence-electron chi connectivity index (χ3n) is 3.96. The van der Waals surface area contributed by atoms with E-state index in [-0.39, 0.29) is 12.3 Å². The molecule has 5 heteroatoms. The predicted molar refractivity (Wildman–Crippen MR) is 97.4 cm³/mol. The Kier molecular flexibility index (Phi) is 7.16. The van der Waals surface area contributed by atoms with Gasteiger partial charge in [-0.25, -0.2) is 5.48 Å². The average Bonchev–Trinajstić information content (AvgIpc) is 2.66. The molecule has 0 radical (unpaired) electrons. The summed E-state index contributed by atoms with van der Waals surface area (Å²) in [4.78, 5) is 22.9. The van der Waals surface area contributed by atoms with Gasteiger partial charge in [-0.15, -0.1) is 0 Å². The number of hydroxylamine groups is 1. The summed E-state index contributed by atoms with van der Waals surface area (Å²) in [6.07, 6.45) is 2.86. The molecule has 0 bridgehead atoms. The van der Waals surface area contributed by atoms with E-state index in [1.54, 1.807) is 17.6 Å². The molecule has 2 amide bonds. The van der Waals surface area contributed by atoms with Crippen molar-refractivity contribution in [3.8, 4) is 11.1 Å². The number of nitrogens with one attached hydrogen (secondary N) is 2. The van der Waals surface area contributed by atoms with Gasteiger partial charge in [-0.3, -0.25) is 14.8 Å². The molecule has 0 atom stereocenters. The molecule has 0 aliphatic carbocycles. The molecule has 0 aromatic heterocycles. The fraction of sp³-hybridized carbons (Fsp3) is 0.300. The highest BCUT2D eigenvalue weighted by Gasteiger charge is 2.06. The lowest BCUT2D eigenvalue weighted by molar-refractivity contribution is -0.129. The molecule has 0 spiro atoms. The van der Waals surface area contributed by atoms with Crippen LogP contribution in [-0.2, 0) is 11.2 Å². The molecular formula is C20H24N2O3. The Morgan fingerprint density at radius 3 is 2.12 bits per heavy atom. The van der Waals surface area contributed by atoms with Gasteiger partial charge in [0.1, 0.15) is 0 Å². The molecule has 2 rings (SSSR count). The molecule has 0 aliphatic rings. The topological polar surface area (TPSA) is 78.4 Å². The second-order valence-electron chi connectivity index (χ2n) is 5.92. The van der Waals surface area contributed by atoms with Crippen molar-refractivity contribution in [2.75, 3.05) is 6.54 Å². The molecule has 0 saturated carbocycles. The minimum atomic E-state index is -0.455. The summed E-state index contributed by atoms with van der Waals surface area (Å²) in [7, 11) is 0. The second-order valence-corrected chi connectivity index (χ2v) is 5.92. The molecule has 25 heavy (non-hydrogen) atoms. The summed E-state index contributed by atoms with van der Waals surface area (Å²) in [6, 6.07) is 15.9. The summed E-state index contributed by atoms with van der Waals surface area (Å²) in [6.45, 7) is 2.55. The zero-order valence-electron chi connectivity index (χ0n) is 14.4. The molecule has 0 aliphatic heterocycles. The molecule has 2 aromatic rings. The summed E-state index contributed by atoms with van der Waals surface area (Å²) >= 11 is 0. The van der Waals surface area contributed by atoms with E-state index in [4.69, 9.17) is 5.21 Å². The molecule has 132 valence electrons. The van der Waals surface area contributed by atoms with Crippen LogP contribution in [0.5, 0.6) is 0 Å². The van der Waals surface area contributed by atoms with E-state index in [1.165, 1.54) is 5.56 Å². The maximum Gasteiger partial charge on any atom is 0.251 e. The third kappa shape index (κ3) is 5.72. The van der Waals surface area contributed by atoms with Crippen LogP contribution in [0.25, 0.3) is 11.1 Å². The maximum atomic E-state index is 12.1. The number of carbonyl (C=O) groups is 2. The zero-order chi connectivity index (χ0) is 18.1. The van der Waals surface area contributed by atoms with Crippen molar-refractivity contribution in [3.63, 3.8) is 0 Å². The second kappa shape index (κ2) is 9.59. The lowest BCUT2D eigenvalue weighted by Gasteiger charge is -2.07. The lowest BCUT2D eigenvalue weighted by Crippen LogP contribution is -2.26. The van der Waals surface area contributed by atoms with Crippen LogP contribution in [0.4, 0.5) is 0 Å². The van der Waals surface area contributed by atoms with Gasteiger partial charge < -0.3 is 5.32 Å². The number of benzene rings is 2. The minimum Gasteiger partial charge on any atom is -0.352 e. The Balaban J connectivity index is 1.90. The van der Waals surface area contributed by atoms with Crippen LogP contribution in [-0.4, -0.2) is 23.6 Å². The summed E-state index contributed by atoms with van der Waals surface area (Å²) in [5, 5.41) is 11.2. The zero-order valence-corrected chi connectivity index (χ0v) is 14.4. The smallest absolute Gasteiger partial charge is 0.251 e. The Morgan fingerprint density at radius 2 is 1.56 bits per heavy atom. The first-order chi connectivity index (χ1) is 12.1. The quantitative estimate of drug-likeness (QED) is 0.392. The van der Waals surface area contributed by atoms with Crippen LogP contribution < -0.4 is 10.8 Å². The van der Waals surface area contributed by atoms with Gasteiger partial charge in [-0.05, 0) is 41.7 Å². The average molecular weight is 340 g/mol. The van der Waals surface area contributed by atoms with Crippen molar-refractivity contribution in [3.05, 3.63) is 59.7 Å². The number of rotatable bonds is 8. The van der Waals surface area contributed by atoms with Crippen LogP contribution in [0.3, 0.4) is 0 Å². The summed E-state index contributed by atoms with van der Waals surface area (Å²) in [5.74, 6) is -0.627. The van der Waals surface area contributed by atoms with Gasteiger partial charge in [0.2, 0.25) is 5.91 Å². The van der Waals surface area contributed by atoms with Gasteiger partial charge >= 0.3 is 0 Å². The van der Waals surface area contributed by atoms with Gasteiger partial charge in [-0.1, -0.05) is 49.7 Å². The van der Waals surface area contributed by atoms with Crippen molar-refractivity contribution in [2.45, 2.75) is 32.6 Å². The van der Waals surface area contributed by atoms with E-state index in [1.807, 2.05) is 12.1 Å². The highest BCUT2D eigenvalue weighted by atomic mass is 16.5. The molecular weight excluding hydrogens is 316 g/mol. The monoisotopic (exact) mass is 340 g/mol. The van der Waals surface area contributed by atoms with Crippen molar-refractivity contribution >= 4 is 11.8 Å². The normalized spacial score (nSPS) is 10.3. The van der Waals surface area contributed by atoms with E-state index < -0.39 is 5.91 Å². The van der Waals surface area contributed by atoms with Gasteiger partial charge in [0.15, 0.2) is 0 Å². The highest BCUT2D eigenvalue weighted by molar-refractivity contribution is 5.94. The Hall–Kier alpha value is -2.66. The number of aryl methyl sites for hydroxylation is 1. The SMILES string of the molecule is CCCc1ccc(-c2ccc(C(=O)NCCCC(=O)NO)cc2)cc1. The van der Waals surface area contributed by atoms with Crippen molar-refractivity contribution in [1.29, 1.82) is 0 Å². The van der Waals surface area contributed by atoms with Gasteiger partial charge in [-0.2, -0.15) is 0 Å². The molecule has 0 saturated heterocycles. The third-order valence-corrected chi connectivity index (χ3v) is 3.96.